The molecule has 0 aromatic heterocycles. The molecule has 0 aliphatic carbocycles. The Morgan fingerprint density at radius 1 is 1.30 bits per heavy atom. The molecule has 1 heterocycles. The first-order valence-corrected chi connectivity index (χ1v) is 7.79. The van der Waals surface area contributed by atoms with Crippen molar-refractivity contribution in [3.05, 3.63) is 35.9 Å². The monoisotopic (exact) mass is 274 g/mol. The van der Waals surface area contributed by atoms with Gasteiger partial charge in [-0.3, -0.25) is 4.79 Å². The first-order chi connectivity index (χ1) is 9.70. The molecule has 1 fully saturated rings. The fourth-order valence-corrected chi connectivity index (χ4v) is 2.94. The Labute approximate surface area is 122 Å². The third-order valence-corrected chi connectivity index (χ3v) is 3.93. The highest BCUT2D eigenvalue weighted by molar-refractivity contribution is 5.78. The molecule has 2 unspecified atom stereocenters. The number of carbonyl (C=O) groups is 1. The van der Waals surface area contributed by atoms with E-state index in [4.69, 9.17) is 0 Å². The summed E-state index contributed by atoms with van der Waals surface area (Å²) in [6, 6.07) is 11.3. The van der Waals surface area contributed by atoms with Gasteiger partial charge in [-0.2, -0.15) is 0 Å². The van der Waals surface area contributed by atoms with Crippen molar-refractivity contribution in [2.75, 3.05) is 13.1 Å². The summed E-state index contributed by atoms with van der Waals surface area (Å²) in [4.78, 5) is 13.7. The number of carbonyl (C=O) groups excluding carboxylic acids is 1. The third kappa shape index (κ3) is 4.07. The van der Waals surface area contributed by atoms with E-state index in [0.29, 0.717) is 18.0 Å². The van der Waals surface area contributed by atoms with E-state index >= 15 is 0 Å². The normalized spacial score (nSPS) is 18.3. The van der Waals surface area contributed by atoms with Crippen LogP contribution in [0.25, 0.3) is 0 Å². The van der Waals surface area contributed by atoms with Crippen molar-refractivity contribution in [3.63, 3.8) is 0 Å². The molecule has 1 aliphatic rings. The van der Waals surface area contributed by atoms with Gasteiger partial charge in [-0.25, -0.2) is 0 Å². The van der Waals surface area contributed by atoms with Crippen molar-refractivity contribution < 1.29 is 4.79 Å². The van der Waals surface area contributed by atoms with Gasteiger partial charge in [0.1, 0.15) is 0 Å². The molecule has 3 heteroatoms. The molecule has 3 nitrogen and oxygen atoms in total. The predicted octanol–water partition coefficient (Wildman–Crippen LogP) is 3.13. The summed E-state index contributed by atoms with van der Waals surface area (Å²) in [6.07, 6.45) is 4.02. The lowest BCUT2D eigenvalue weighted by Crippen LogP contribution is -2.41. The minimum absolute atomic E-state index is 0.311. The van der Waals surface area contributed by atoms with E-state index < -0.39 is 0 Å². The maximum absolute atomic E-state index is 11.7. The van der Waals surface area contributed by atoms with Crippen molar-refractivity contribution in [2.24, 2.45) is 0 Å². The van der Waals surface area contributed by atoms with Crippen molar-refractivity contribution in [2.45, 2.75) is 51.6 Å². The fourth-order valence-electron chi connectivity index (χ4n) is 2.94. The van der Waals surface area contributed by atoms with Gasteiger partial charge in [-0.1, -0.05) is 43.7 Å². The Balaban J connectivity index is 1.92. The molecule has 1 aromatic carbocycles. The fraction of sp³-hybridized carbons (Fsp3) is 0.588. The van der Waals surface area contributed by atoms with Gasteiger partial charge in [0.05, 0.1) is 0 Å². The number of benzene rings is 1. The van der Waals surface area contributed by atoms with Gasteiger partial charge < -0.3 is 10.2 Å². The largest absolute Gasteiger partial charge is 0.341 e. The molecule has 110 valence electrons. The van der Waals surface area contributed by atoms with Crippen LogP contribution in [0, 0.1) is 0 Å². The zero-order chi connectivity index (χ0) is 14.4. The number of amides is 1. The molecular weight excluding hydrogens is 248 g/mol. The second kappa shape index (κ2) is 7.44. The van der Waals surface area contributed by atoms with Gasteiger partial charge >= 0.3 is 0 Å². The van der Waals surface area contributed by atoms with Gasteiger partial charge in [0.25, 0.3) is 0 Å². The minimum Gasteiger partial charge on any atom is -0.341 e. The van der Waals surface area contributed by atoms with Crippen LogP contribution in [-0.2, 0) is 4.79 Å². The molecule has 1 aliphatic heterocycles. The minimum atomic E-state index is 0.311. The average Bonchev–Trinajstić information content (AvgIpc) is 2.85. The first kappa shape index (κ1) is 15.0. The summed E-state index contributed by atoms with van der Waals surface area (Å²) in [7, 11) is 0. The van der Waals surface area contributed by atoms with Crippen LogP contribution in [0.2, 0.25) is 0 Å². The standard InChI is InChI=1S/C17H26N2O/c1-3-8-16(15-9-5-4-6-10-15)18-14(2)13-19-12-7-11-17(19)20/h4-6,9-10,14,16,18H,3,7-8,11-13H2,1-2H3. The summed E-state index contributed by atoms with van der Waals surface area (Å²) in [5, 5.41) is 3.69. The number of hydrogen-bond acceptors (Lipinski definition) is 2. The van der Waals surface area contributed by atoms with E-state index in [1.54, 1.807) is 0 Å². The quantitative estimate of drug-likeness (QED) is 0.828. The zero-order valence-corrected chi connectivity index (χ0v) is 12.6. The summed E-state index contributed by atoms with van der Waals surface area (Å²) in [5.41, 5.74) is 1.34. The van der Waals surface area contributed by atoms with Gasteiger partial charge in [0, 0.05) is 31.6 Å². The van der Waals surface area contributed by atoms with Crippen LogP contribution >= 0.6 is 0 Å². The molecule has 1 aromatic rings. The topological polar surface area (TPSA) is 32.3 Å². The summed E-state index contributed by atoms with van der Waals surface area (Å²) in [6.45, 7) is 6.14. The Bertz CT molecular complexity index is 418. The van der Waals surface area contributed by atoms with Crippen LogP contribution < -0.4 is 5.32 Å². The van der Waals surface area contributed by atoms with E-state index in [9.17, 15) is 4.79 Å². The lowest BCUT2D eigenvalue weighted by molar-refractivity contribution is -0.127. The molecular formula is C17H26N2O. The van der Waals surface area contributed by atoms with Crippen LogP contribution in [0.5, 0.6) is 0 Å². The van der Waals surface area contributed by atoms with Gasteiger partial charge in [-0.05, 0) is 25.3 Å². The maximum Gasteiger partial charge on any atom is 0.222 e. The lowest BCUT2D eigenvalue weighted by Gasteiger charge is -2.27. The van der Waals surface area contributed by atoms with E-state index in [1.165, 1.54) is 5.56 Å². The number of hydrogen-bond donors (Lipinski definition) is 1. The van der Waals surface area contributed by atoms with Crippen LogP contribution in [0.4, 0.5) is 0 Å². The molecule has 20 heavy (non-hydrogen) atoms. The summed E-state index contributed by atoms with van der Waals surface area (Å²) >= 11 is 0. The number of nitrogens with zero attached hydrogens (tertiary/aromatic N) is 1. The zero-order valence-electron chi connectivity index (χ0n) is 12.6. The van der Waals surface area contributed by atoms with Gasteiger partial charge in [0.2, 0.25) is 5.91 Å². The van der Waals surface area contributed by atoms with E-state index in [-0.39, 0.29) is 0 Å². The van der Waals surface area contributed by atoms with Crippen LogP contribution in [0.1, 0.15) is 51.1 Å². The van der Waals surface area contributed by atoms with Crippen molar-refractivity contribution in [3.8, 4) is 0 Å². The molecule has 1 amide bonds. The SMILES string of the molecule is CCCC(NC(C)CN1CCCC1=O)c1ccccc1. The predicted molar refractivity (Wildman–Crippen MR) is 82.5 cm³/mol. The number of likely N-dealkylation sites (tertiary alicyclic amines) is 1. The smallest absolute Gasteiger partial charge is 0.222 e. The average molecular weight is 274 g/mol. The number of rotatable bonds is 7. The molecule has 0 spiro atoms. The Morgan fingerprint density at radius 2 is 2.05 bits per heavy atom. The highest BCUT2D eigenvalue weighted by Crippen LogP contribution is 2.19. The molecule has 1 saturated heterocycles. The Morgan fingerprint density at radius 3 is 2.65 bits per heavy atom. The van der Waals surface area contributed by atoms with Crippen LogP contribution in [0.3, 0.4) is 0 Å². The maximum atomic E-state index is 11.7. The van der Waals surface area contributed by atoms with Crippen molar-refractivity contribution in [1.82, 2.24) is 10.2 Å². The summed E-state index contributed by atoms with van der Waals surface area (Å²) in [5.74, 6) is 0.311. The van der Waals surface area contributed by atoms with E-state index in [1.807, 2.05) is 4.90 Å². The van der Waals surface area contributed by atoms with Gasteiger partial charge in [-0.15, -0.1) is 0 Å². The second-order valence-corrected chi connectivity index (χ2v) is 5.76. The molecule has 1 N–H and O–H groups in total. The second-order valence-electron chi connectivity index (χ2n) is 5.76. The first-order valence-electron chi connectivity index (χ1n) is 7.79. The molecule has 0 bridgehead atoms. The van der Waals surface area contributed by atoms with Crippen molar-refractivity contribution >= 4 is 5.91 Å². The lowest BCUT2D eigenvalue weighted by atomic mass is 10.0. The number of nitrogens with one attached hydrogen (secondary N) is 1. The third-order valence-electron chi connectivity index (χ3n) is 3.93. The molecule has 0 radical (unpaired) electrons. The summed E-state index contributed by atoms with van der Waals surface area (Å²) < 4.78 is 0. The molecule has 2 atom stereocenters. The van der Waals surface area contributed by atoms with Crippen LogP contribution in [0.15, 0.2) is 30.3 Å². The van der Waals surface area contributed by atoms with Crippen molar-refractivity contribution in [1.29, 1.82) is 0 Å². The van der Waals surface area contributed by atoms with E-state index in [0.717, 1.165) is 38.8 Å². The Kier molecular flexibility index (Phi) is 5.60. The van der Waals surface area contributed by atoms with Gasteiger partial charge in [0.15, 0.2) is 0 Å². The highest BCUT2D eigenvalue weighted by atomic mass is 16.2. The Hall–Kier alpha value is -1.35. The molecule has 2 rings (SSSR count). The molecule has 0 saturated carbocycles. The van der Waals surface area contributed by atoms with E-state index in [2.05, 4.69) is 49.5 Å². The van der Waals surface area contributed by atoms with Crippen LogP contribution in [-0.4, -0.2) is 29.9 Å². The highest BCUT2D eigenvalue weighted by Gasteiger charge is 2.22.